The molecule has 2 N–H and O–H groups in total. The van der Waals surface area contributed by atoms with Crippen molar-refractivity contribution in [2.24, 2.45) is 20.4 Å². The first-order valence-electron chi connectivity index (χ1n) is 10.5. The van der Waals surface area contributed by atoms with Crippen LogP contribution in [0.4, 0.5) is 13.2 Å². The predicted octanol–water partition coefficient (Wildman–Crippen LogP) is 4.51. The molecule has 0 amide bonds. The van der Waals surface area contributed by atoms with Crippen molar-refractivity contribution in [2.75, 3.05) is 13.1 Å². The Bertz CT molecular complexity index is 1270. The minimum atomic E-state index is -4.44. The first-order chi connectivity index (χ1) is 16.8. The summed E-state index contributed by atoms with van der Waals surface area (Å²) in [6, 6.07) is 22.4. The van der Waals surface area contributed by atoms with Crippen molar-refractivity contribution < 1.29 is 30.2 Å². The van der Waals surface area contributed by atoms with Crippen LogP contribution in [0.2, 0.25) is 0 Å². The van der Waals surface area contributed by atoms with Gasteiger partial charge < -0.3 is 35.9 Å². The van der Waals surface area contributed by atoms with Crippen LogP contribution >= 0.6 is 0 Å². The third kappa shape index (κ3) is 8.56. The van der Waals surface area contributed by atoms with Gasteiger partial charge in [-0.1, -0.05) is 72.8 Å². The number of benzene rings is 3. The third-order valence-corrected chi connectivity index (χ3v) is 5.02. The van der Waals surface area contributed by atoms with E-state index in [1.165, 1.54) is 0 Å². The fraction of sp³-hybridized carbons (Fsp3) is 0.167. The largest absolute Gasteiger partial charge is 2.00 e. The van der Waals surface area contributed by atoms with Crippen molar-refractivity contribution in [3.05, 3.63) is 83.9 Å². The topological polar surface area (TPSA) is 73.5 Å². The maximum atomic E-state index is 12.6. The normalized spacial score (nSPS) is 13.3. The van der Waals surface area contributed by atoms with Crippen LogP contribution < -0.4 is 10.6 Å². The molecular formula is C24H21CuF3N6S2. The SMILES string of the molecule is CCNC([S-])=NN=C(C(=NN=C([S-])NCC(F)(F)F)c1ccccc1)c1cccc2ccccc12.[Cu+2]. The van der Waals surface area contributed by atoms with Gasteiger partial charge in [0.05, 0.1) is 0 Å². The molecule has 0 aliphatic heterocycles. The Morgan fingerprint density at radius 3 is 2.00 bits per heavy atom. The number of nitrogens with zero attached hydrogens (tertiary/aromatic N) is 4. The van der Waals surface area contributed by atoms with Crippen molar-refractivity contribution in [1.82, 2.24) is 10.6 Å². The number of alkyl halides is 3. The second kappa shape index (κ2) is 13.9. The Morgan fingerprint density at radius 1 is 0.750 bits per heavy atom. The molecule has 0 atom stereocenters. The summed E-state index contributed by atoms with van der Waals surface area (Å²) in [5, 5.41) is 23.1. The fourth-order valence-corrected chi connectivity index (χ4v) is 3.39. The summed E-state index contributed by atoms with van der Waals surface area (Å²) in [4.78, 5) is 0. The van der Waals surface area contributed by atoms with Gasteiger partial charge in [0.25, 0.3) is 0 Å². The van der Waals surface area contributed by atoms with Crippen molar-refractivity contribution in [1.29, 1.82) is 0 Å². The van der Waals surface area contributed by atoms with Gasteiger partial charge in [-0.25, -0.2) is 0 Å². The van der Waals surface area contributed by atoms with Crippen LogP contribution in [-0.2, 0) is 42.3 Å². The zero-order valence-corrected chi connectivity index (χ0v) is 21.5. The summed E-state index contributed by atoms with van der Waals surface area (Å²) in [6.45, 7) is 1.12. The van der Waals surface area contributed by atoms with Gasteiger partial charge in [0, 0.05) is 17.7 Å². The minimum Gasteiger partial charge on any atom is -0.741 e. The number of fused-ring (bicyclic) bond motifs is 1. The van der Waals surface area contributed by atoms with Crippen molar-refractivity contribution in [2.45, 2.75) is 13.1 Å². The van der Waals surface area contributed by atoms with E-state index in [2.05, 4.69) is 25.7 Å². The molecule has 36 heavy (non-hydrogen) atoms. The second-order valence-corrected chi connectivity index (χ2v) is 7.87. The molecule has 0 unspecified atom stereocenters. The molecule has 1 radical (unpaired) electrons. The van der Waals surface area contributed by atoms with E-state index in [-0.39, 0.29) is 27.9 Å². The molecule has 0 spiro atoms. The average Bonchev–Trinajstić information content (AvgIpc) is 2.85. The molecule has 0 aromatic heterocycles. The molecule has 0 saturated heterocycles. The predicted molar refractivity (Wildman–Crippen MR) is 141 cm³/mol. The summed E-state index contributed by atoms with van der Waals surface area (Å²) in [5.74, 6) is 0. The maximum Gasteiger partial charge on any atom is 2.00 e. The summed E-state index contributed by atoms with van der Waals surface area (Å²) in [7, 11) is 0. The van der Waals surface area contributed by atoms with E-state index in [9.17, 15) is 13.2 Å². The smallest absolute Gasteiger partial charge is 0.741 e. The Morgan fingerprint density at radius 2 is 1.33 bits per heavy atom. The van der Waals surface area contributed by atoms with Gasteiger partial charge in [-0.05, 0) is 28.0 Å². The van der Waals surface area contributed by atoms with Crippen LogP contribution in [-0.4, -0.2) is 41.0 Å². The van der Waals surface area contributed by atoms with Gasteiger partial charge in [-0.2, -0.15) is 23.4 Å². The fourth-order valence-electron chi connectivity index (χ4n) is 3.09. The molecule has 6 nitrogen and oxygen atoms in total. The molecule has 0 aliphatic rings. The van der Waals surface area contributed by atoms with Gasteiger partial charge in [0.2, 0.25) is 0 Å². The number of halogens is 3. The van der Waals surface area contributed by atoms with Gasteiger partial charge in [0.1, 0.15) is 18.0 Å². The molecule has 0 fully saturated rings. The van der Waals surface area contributed by atoms with E-state index in [1.807, 2.05) is 60.8 Å². The second-order valence-electron chi connectivity index (χ2n) is 7.10. The van der Waals surface area contributed by atoms with Crippen molar-refractivity contribution >= 4 is 57.8 Å². The standard InChI is InChI=1S/C24H23F3N6S2.Cu/c1-2-28-22(34)32-31-21(19-14-8-12-16-9-6-7-13-18(16)19)20(17-10-4-3-5-11-17)30-33-23(35)29-15-24(25,26)27;/h3-14H,2,15H2,1H3,(H2,28,32,34)(H2,29,33,35);/q;+2/p-2. The van der Waals surface area contributed by atoms with Crippen LogP contribution in [0, 0.1) is 0 Å². The quantitative estimate of drug-likeness (QED) is 0.142. The number of hydrogen-bond donors (Lipinski definition) is 2. The molecule has 0 heterocycles. The van der Waals surface area contributed by atoms with Crippen LogP contribution in [0.5, 0.6) is 0 Å². The molecule has 3 aromatic rings. The number of hydrogen-bond acceptors (Lipinski definition) is 6. The summed E-state index contributed by atoms with van der Waals surface area (Å²) in [5.41, 5.74) is 1.90. The minimum absolute atomic E-state index is 0. The van der Waals surface area contributed by atoms with Gasteiger partial charge >= 0.3 is 23.2 Å². The average molecular weight is 578 g/mol. The Labute approximate surface area is 228 Å². The molecule has 191 valence electrons. The van der Waals surface area contributed by atoms with E-state index in [1.54, 1.807) is 24.3 Å². The van der Waals surface area contributed by atoms with E-state index < -0.39 is 17.9 Å². The summed E-state index contributed by atoms with van der Waals surface area (Å²) < 4.78 is 37.7. The monoisotopic (exact) mass is 577 g/mol. The van der Waals surface area contributed by atoms with E-state index in [0.717, 1.165) is 10.8 Å². The molecule has 3 rings (SSSR count). The summed E-state index contributed by atoms with van der Waals surface area (Å²) >= 11 is 10.1. The Kier molecular flexibility index (Phi) is 11.3. The zero-order chi connectivity index (χ0) is 25.3. The van der Waals surface area contributed by atoms with Crippen LogP contribution in [0.15, 0.2) is 93.2 Å². The van der Waals surface area contributed by atoms with Crippen LogP contribution in [0.25, 0.3) is 10.8 Å². The molecule has 3 aromatic carbocycles. The van der Waals surface area contributed by atoms with Gasteiger partial charge in [-0.3, -0.25) is 0 Å². The molecular weight excluding hydrogens is 557 g/mol. The van der Waals surface area contributed by atoms with Crippen molar-refractivity contribution in [3.8, 4) is 0 Å². The molecule has 0 aliphatic carbocycles. The molecule has 0 bridgehead atoms. The zero-order valence-electron chi connectivity index (χ0n) is 18.9. The first-order valence-corrected chi connectivity index (χ1v) is 11.3. The van der Waals surface area contributed by atoms with Crippen LogP contribution in [0.3, 0.4) is 0 Å². The third-order valence-electron chi connectivity index (χ3n) is 4.57. The Balaban J connectivity index is 0.00000456. The first kappa shape index (κ1) is 29.2. The summed E-state index contributed by atoms with van der Waals surface area (Å²) in [6.07, 6.45) is -4.44. The number of amidine groups is 2. The van der Waals surface area contributed by atoms with Gasteiger partial charge in [-0.15, -0.1) is 10.2 Å². The number of rotatable bonds is 7. The van der Waals surface area contributed by atoms with E-state index >= 15 is 0 Å². The number of nitrogens with one attached hydrogen (secondary N) is 2. The molecule has 12 heteroatoms. The van der Waals surface area contributed by atoms with Crippen LogP contribution in [0.1, 0.15) is 18.1 Å². The van der Waals surface area contributed by atoms with E-state index in [4.69, 9.17) is 25.3 Å². The Hall–Kier alpha value is -3.05. The molecule has 0 saturated carbocycles. The van der Waals surface area contributed by atoms with E-state index in [0.29, 0.717) is 23.4 Å². The van der Waals surface area contributed by atoms with Gasteiger partial charge in [0.15, 0.2) is 0 Å². The van der Waals surface area contributed by atoms with Crippen molar-refractivity contribution in [3.63, 3.8) is 0 Å². The maximum absolute atomic E-state index is 12.6.